The Hall–Kier alpha value is -2.63. The monoisotopic (exact) mass is 303 g/mol. The molecule has 0 aliphatic rings. The summed E-state index contributed by atoms with van der Waals surface area (Å²) in [7, 11) is 0. The molecule has 2 aromatic carbocycles. The summed E-state index contributed by atoms with van der Waals surface area (Å²) < 4.78 is 34.1. The smallest absolute Gasteiger partial charge is 0.161 e. The number of aryl methyl sites for hydroxylation is 1. The summed E-state index contributed by atoms with van der Waals surface area (Å²) in [6, 6.07) is 9.34. The summed E-state index contributed by atoms with van der Waals surface area (Å²) in [6.07, 6.45) is 0. The van der Waals surface area contributed by atoms with Crippen LogP contribution < -0.4 is 10.5 Å². The van der Waals surface area contributed by atoms with E-state index in [1.54, 1.807) is 35.8 Å². The van der Waals surface area contributed by atoms with Gasteiger partial charge < -0.3 is 15.0 Å². The highest BCUT2D eigenvalue weighted by atomic mass is 19.2. The van der Waals surface area contributed by atoms with Gasteiger partial charge in [0, 0.05) is 17.8 Å². The Morgan fingerprint density at radius 2 is 1.82 bits per heavy atom. The van der Waals surface area contributed by atoms with Crippen LogP contribution in [0.2, 0.25) is 0 Å². The first-order valence-electron chi connectivity index (χ1n) is 6.85. The Kier molecular flexibility index (Phi) is 3.66. The number of imidazole rings is 1. The second kappa shape index (κ2) is 5.63. The average Bonchev–Trinajstić information content (AvgIpc) is 2.77. The predicted molar refractivity (Wildman–Crippen MR) is 80.7 cm³/mol. The first-order chi connectivity index (χ1) is 10.5. The van der Waals surface area contributed by atoms with E-state index < -0.39 is 11.6 Å². The maximum Gasteiger partial charge on any atom is 0.161 e. The SMILES string of the molecule is Cc1nc2cc(F)c(F)cc2n1CCOc1ccc(N)cc1. The van der Waals surface area contributed by atoms with Crippen LogP contribution in [0, 0.1) is 18.6 Å². The van der Waals surface area contributed by atoms with Crippen LogP contribution in [0.4, 0.5) is 14.5 Å². The molecule has 0 aliphatic heterocycles. The molecule has 2 N–H and O–H groups in total. The van der Waals surface area contributed by atoms with Gasteiger partial charge in [-0.2, -0.15) is 0 Å². The number of nitrogens with zero attached hydrogens (tertiary/aromatic N) is 2. The number of nitrogen functional groups attached to an aromatic ring is 1. The number of halogens is 2. The highest BCUT2D eigenvalue weighted by Gasteiger charge is 2.12. The minimum atomic E-state index is -0.893. The number of hydrogen-bond donors (Lipinski definition) is 1. The Morgan fingerprint density at radius 3 is 2.55 bits per heavy atom. The summed E-state index contributed by atoms with van der Waals surface area (Å²) in [6.45, 7) is 2.66. The molecular formula is C16H15F2N3O. The van der Waals surface area contributed by atoms with Gasteiger partial charge in [-0.25, -0.2) is 13.8 Å². The molecule has 0 atom stereocenters. The van der Waals surface area contributed by atoms with E-state index in [2.05, 4.69) is 4.98 Å². The number of nitrogens with two attached hydrogens (primary N) is 1. The molecule has 1 heterocycles. The lowest BCUT2D eigenvalue weighted by Gasteiger charge is -2.09. The van der Waals surface area contributed by atoms with Crippen LogP contribution in [0.3, 0.4) is 0 Å². The lowest BCUT2D eigenvalue weighted by atomic mass is 10.3. The van der Waals surface area contributed by atoms with E-state index in [1.807, 2.05) is 0 Å². The summed E-state index contributed by atoms with van der Waals surface area (Å²) in [5.41, 5.74) is 7.26. The zero-order valence-corrected chi connectivity index (χ0v) is 12.0. The fourth-order valence-corrected chi connectivity index (χ4v) is 2.34. The maximum atomic E-state index is 13.4. The van der Waals surface area contributed by atoms with Gasteiger partial charge in [-0.05, 0) is 31.2 Å². The number of hydrogen-bond acceptors (Lipinski definition) is 3. The molecule has 4 nitrogen and oxygen atoms in total. The Labute approximate surface area is 126 Å². The minimum Gasteiger partial charge on any atom is -0.492 e. The van der Waals surface area contributed by atoms with Crippen LogP contribution in [-0.2, 0) is 6.54 Å². The summed E-state index contributed by atoms with van der Waals surface area (Å²) in [5, 5.41) is 0. The number of anilines is 1. The highest BCUT2D eigenvalue weighted by molar-refractivity contribution is 5.76. The fraction of sp³-hybridized carbons (Fsp3) is 0.188. The molecule has 0 bridgehead atoms. The molecule has 1 aromatic heterocycles. The first kappa shape index (κ1) is 14.3. The zero-order valence-electron chi connectivity index (χ0n) is 12.0. The predicted octanol–water partition coefficient (Wildman–Crippen LogP) is 3.28. The van der Waals surface area contributed by atoms with Crippen molar-refractivity contribution in [3.8, 4) is 5.75 Å². The summed E-state index contributed by atoms with van der Waals surface area (Å²) >= 11 is 0. The second-order valence-electron chi connectivity index (χ2n) is 4.98. The minimum absolute atomic E-state index is 0.384. The van der Waals surface area contributed by atoms with Crippen molar-refractivity contribution in [1.29, 1.82) is 0 Å². The molecule has 3 rings (SSSR count). The van der Waals surface area contributed by atoms with Gasteiger partial charge in [0.2, 0.25) is 0 Å². The molecule has 3 aromatic rings. The number of ether oxygens (including phenoxy) is 1. The Bertz CT molecular complexity index is 812. The van der Waals surface area contributed by atoms with Crippen molar-refractivity contribution in [3.63, 3.8) is 0 Å². The molecule has 0 saturated heterocycles. The molecule has 0 spiro atoms. The van der Waals surface area contributed by atoms with Crippen LogP contribution in [0.15, 0.2) is 36.4 Å². The highest BCUT2D eigenvalue weighted by Crippen LogP contribution is 2.20. The number of benzene rings is 2. The lowest BCUT2D eigenvalue weighted by Crippen LogP contribution is -2.09. The van der Waals surface area contributed by atoms with Crippen molar-refractivity contribution in [2.24, 2.45) is 0 Å². The van der Waals surface area contributed by atoms with Crippen LogP contribution >= 0.6 is 0 Å². The molecule has 0 aliphatic carbocycles. The van der Waals surface area contributed by atoms with Crippen molar-refractivity contribution in [3.05, 3.63) is 53.9 Å². The molecule has 22 heavy (non-hydrogen) atoms. The third-order valence-corrected chi connectivity index (χ3v) is 3.44. The van der Waals surface area contributed by atoms with Gasteiger partial charge in [0.15, 0.2) is 11.6 Å². The van der Waals surface area contributed by atoms with Crippen molar-refractivity contribution in [2.75, 3.05) is 12.3 Å². The standard InChI is InChI=1S/C16H15F2N3O/c1-10-20-15-8-13(17)14(18)9-16(15)21(10)6-7-22-12-4-2-11(19)3-5-12/h2-5,8-9H,6-7,19H2,1H3. The Morgan fingerprint density at radius 1 is 1.14 bits per heavy atom. The summed E-state index contributed by atoms with van der Waals surface area (Å²) in [5.74, 6) is -0.391. The molecule has 0 unspecified atom stereocenters. The van der Waals surface area contributed by atoms with Crippen molar-refractivity contribution in [2.45, 2.75) is 13.5 Å². The molecule has 0 radical (unpaired) electrons. The van der Waals surface area contributed by atoms with E-state index in [0.29, 0.717) is 41.4 Å². The number of rotatable bonds is 4. The topological polar surface area (TPSA) is 53.1 Å². The maximum absolute atomic E-state index is 13.4. The van der Waals surface area contributed by atoms with Crippen molar-refractivity contribution < 1.29 is 13.5 Å². The van der Waals surface area contributed by atoms with Crippen molar-refractivity contribution >= 4 is 16.7 Å². The molecule has 0 fully saturated rings. The summed E-state index contributed by atoms with van der Waals surface area (Å²) in [4.78, 5) is 4.24. The molecule has 114 valence electrons. The van der Waals surface area contributed by atoms with Crippen LogP contribution in [-0.4, -0.2) is 16.2 Å². The molecule has 6 heteroatoms. The van der Waals surface area contributed by atoms with E-state index in [4.69, 9.17) is 10.5 Å². The molecule has 0 amide bonds. The van der Waals surface area contributed by atoms with Crippen LogP contribution in [0.1, 0.15) is 5.82 Å². The number of fused-ring (bicyclic) bond motifs is 1. The van der Waals surface area contributed by atoms with E-state index in [-0.39, 0.29) is 0 Å². The largest absolute Gasteiger partial charge is 0.492 e. The van der Waals surface area contributed by atoms with Crippen LogP contribution in [0.5, 0.6) is 5.75 Å². The van der Waals surface area contributed by atoms with Gasteiger partial charge in [-0.3, -0.25) is 0 Å². The first-order valence-corrected chi connectivity index (χ1v) is 6.85. The average molecular weight is 303 g/mol. The Balaban J connectivity index is 1.77. The van der Waals surface area contributed by atoms with Crippen molar-refractivity contribution in [1.82, 2.24) is 9.55 Å². The van der Waals surface area contributed by atoms with Gasteiger partial charge in [0.05, 0.1) is 17.6 Å². The number of aromatic nitrogens is 2. The van der Waals surface area contributed by atoms with Gasteiger partial charge in [0.25, 0.3) is 0 Å². The second-order valence-corrected chi connectivity index (χ2v) is 4.98. The third-order valence-electron chi connectivity index (χ3n) is 3.44. The normalized spacial score (nSPS) is 11.0. The quantitative estimate of drug-likeness (QED) is 0.753. The van der Waals surface area contributed by atoms with E-state index in [0.717, 1.165) is 12.1 Å². The van der Waals surface area contributed by atoms with Gasteiger partial charge in [-0.1, -0.05) is 0 Å². The van der Waals surface area contributed by atoms with E-state index >= 15 is 0 Å². The molecular weight excluding hydrogens is 288 g/mol. The van der Waals surface area contributed by atoms with Gasteiger partial charge in [-0.15, -0.1) is 0 Å². The van der Waals surface area contributed by atoms with Crippen LogP contribution in [0.25, 0.3) is 11.0 Å². The fourth-order valence-electron chi connectivity index (χ4n) is 2.34. The lowest BCUT2D eigenvalue weighted by molar-refractivity contribution is 0.299. The van der Waals surface area contributed by atoms with E-state index in [9.17, 15) is 8.78 Å². The van der Waals surface area contributed by atoms with Gasteiger partial charge in [0.1, 0.15) is 18.2 Å². The van der Waals surface area contributed by atoms with Gasteiger partial charge >= 0.3 is 0 Å². The third kappa shape index (κ3) is 2.72. The zero-order chi connectivity index (χ0) is 15.7. The van der Waals surface area contributed by atoms with E-state index in [1.165, 1.54) is 0 Å². The molecule has 0 saturated carbocycles.